The predicted octanol–water partition coefficient (Wildman–Crippen LogP) is 4.53. The average Bonchev–Trinajstić information content (AvgIpc) is 2.63. The van der Waals surface area contributed by atoms with Gasteiger partial charge in [0.05, 0.1) is 6.04 Å². The maximum absolute atomic E-state index is 12.3. The molecule has 2 aromatic rings. The Hall–Kier alpha value is -2.04. The molecule has 0 spiro atoms. The first-order valence-corrected chi connectivity index (χ1v) is 9.78. The third-order valence-corrected chi connectivity index (χ3v) is 4.92. The average molecular weight is 389 g/mol. The van der Waals surface area contributed by atoms with Crippen molar-refractivity contribution in [3.63, 3.8) is 0 Å². The van der Waals surface area contributed by atoms with Crippen molar-refractivity contribution in [2.24, 2.45) is 0 Å². The highest BCUT2D eigenvalue weighted by Gasteiger charge is 2.21. The number of hydrogen-bond acceptors (Lipinski definition) is 3. The van der Waals surface area contributed by atoms with Crippen LogP contribution >= 0.6 is 11.6 Å². The van der Waals surface area contributed by atoms with Crippen LogP contribution in [-0.4, -0.2) is 37.0 Å². The van der Waals surface area contributed by atoms with Crippen molar-refractivity contribution < 1.29 is 9.53 Å². The lowest BCUT2D eigenvalue weighted by Gasteiger charge is -2.30. The Kier molecular flexibility index (Phi) is 8.14. The summed E-state index contributed by atoms with van der Waals surface area (Å²) in [5, 5.41) is 3.71. The molecule has 0 saturated heterocycles. The van der Waals surface area contributed by atoms with Crippen molar-refractivity contribution in [1.29, 1.82) is 0 Å². The fourth-order valence-corrected chi connectivity index (χ4v) is 3.53. The van der Waals surface area contributed by atoms with Crippen LogP contribution in [0.5, 0.6) is 5.75 Å². The molecular formula is C22H29ClN2O2. The van der Waals surface area contributed by atoms with E-state index in [9.17, 15) is 4.79 Å². The second kappa shape index (κ2) is 10.3. The molecule has 146 valence electrons. The predicted molar refractivity (Wildman–Crippen MR) is 112 cm³/mol. The van der Waals surface area contributed by atoms with Gasteiger partial charge in [0.25, 0.3) is 5.91 Å². The van der Waals surface area contributed by atoms with Gasteiger partial charge in [-0.25, -0.2) is 0 Å². The zero-order chi connectivity index (χ0) is 19.8. The molecule has 2 aromatic carbocycles. The Balaban J connectivity index is 1.99. The number of hydrogen-bond donors (Lipinski definition) is 1. The van der Waals surface area contributed by atoms with E-state index < -0.39 is 0 Å². The molecule has 0 aromatic heterocycles. The molecular weight excluding hydrogens is 360 g/mol. The standard InChI is InChI=1S/C22H29ClN2O2/c1-5-25(6-2)21(19-9-7-8-10-20(19)23)14-24-22(26)15-27-18-12-16(3)11-17(4)13-18/h7-13,21H,5-6,14-15H2,1-4H3,(H,24,26)/t21-/m0/s1. The highest BCUT2D eigenvalue weighted by atomic mass is 35.5. The van der Waals surface area contributed by atoms with Crippen LogP contribution in [0.3, 0.4) is 0 Å². The summed E-state index contributed by atoms with van der Waals surface area (Å²) in [7, 11) is 0. The monoisotopic (exact) mass is 388 g/mol. The number of carbonyl (C=O) groups is 1. The molecule has 0 aliphatic heterocycles. The largest absolute Gasteiger partial charge is 0.484 e. The molecule has 0 radical (unpaired) electrons. The highest BCUT2D eigenvalue weighted by Crippen LogP contribution is 2.27. The quantitative estimate of drug-likeness (QED) is 0.685. The summed E-state index contributed by atoms with van der Waals surface area (Å²) in [5.74, 6) is 0.576. The van der Waals surface area contributed by atoms with Gasteiger partial charge in [0.2, 0.25) is 0 Å². The van der Waals surface area contributed by atoms with Crippen LogP contribution in [-0.2, 0) is 4.79 Å². The molecule has 0 aliphatic carbocycles. The fourth-order valence-electron chi connectivity index (χ4n) is 3.27. The van der Waals surface area contributed by atoms with Crippen LogP contribution in [0.15, 0.2) is 42.5 Å². The summed E-state index contributed by atoms with van der Waals surface area (Å²) in [6, 6.07) is 13.8. The first kappa shape index (κ1) is 21.3. The first-order valence-electron chi connectivity index (χ1n) is 9.40. The van der Waals surface area contributed by atoms with Gasteiger partial charge in [0, 0.05) is 11.6 Å². The number of halogens is 1. The summed E-state index contributed by atoms with van der Waals surface area (Å²) in [5.41, 5.74) is 3.26. The zero-order valence-electron chi connectivity index (χ0n) is 16.6. The van der Waals surface area contributed by atoms with Gasteiger partial charge in [-0.15, -0.1) is 0 Å². The Morgan fingerprint density at radius 1 is 1.11 bits per heavy atom. The number of ether oxygens (including phenoxy) is 1. The third-order valence-electron chi connectivity index (χ3n) is 4.58. The van der Waals surface area contributed by atoms with Crippen molar-refractivity contribution in [3.8, 4) is 5.75 Å². The minimum absolute atomic E-state index is 0.00359. The highest BCUT2D eigenvalue weighted by molar-refractivity contribution is 6.31. The van der Waals surface area contributed by atoms with Gasteiger partial charge in [-0.3, -0.25) is 9.69 Å². The van der Waals surface area contributed by atoms with Crippen molar-refractivity contribution in [2.45, 2.75) is 33.7 Å². The van der Waals surface area contributed by atoms with Gasteiger partial charge in [-0.2, -0.15) is 0 Å². The van der Waals surface area contributed by atoms with E-state index in [1.165, 1.54) is 0 Å². The summed E-state index contributed by atoms with van der Waals surface area (Å²) in [6.07, 6.45) is 0. The number of carbonyl (C=O) groups excluding carboxylic acids is 1. The molecule has 5 heteroatoms. The Morgan fingerprint density at radius 3 is 2.33 bits per heavy atom. The van der Waals surface area contributed by atoms with Gasteiger partial charge in [-0.1, -0.05) is 49.7 Å². The molecule has 1 amide bonds. The fraction of sp³-hybridized carbons (Fsp3) is 0.409. The number of nitrogens with zero attached hydrogens (tertiary/aromatic N) is 1. The van der Waals surface area contributed by atoms with E-state index in [0.29, 0.717) is 12.3 Å². The van der Waals surface area contributed by atoms with E-state index >= 15 is 0 Å². The second-order valence-electron chi connectivity index (χ2n) is 6.67. The van der Waals surface area contributed by atoms with Crippen molar-refractivity contribution in [1.82, 2.24) is 10.2 Å². The van der Waals surface area contributed by atoms with Crippen molar-refractivity contribution in [2.75, 3.05) is 26.2 Å². The molecule has 0 aliphatic rings. The summed E-state index contributed by atoms with van der Waals surface area (Å²) >= 11 is 6.40. The molecule has 27 heavy (non-hydrogen) atoms. The van der Waals surface area contributed by atoms with Gasteiger partial charge < -0.3 is 10.1 Å². The van der Waals surface area contributed by atoms with E-state index in [1.807, 2.05) is 50.2 Å². The van der Waals surface area contributed by atoms with Crippen LogP contribution < -0.4 is 10.1 Å². The van der Waals surface area contributed by atoms with E-state index in [0.717, 1.165) is 34.8 Å². The van der Waals surface area contributed by atoms with Crippen molar-refractivity contribution in [3.05, 3.63) is 64.2 Å². The number of likely N-dealkylation sites (N-methyl/N-ethyl adjacent to an activating group) is 1. The molecule has 0 heterocycles. The third kappa shape index (κ3) is 6.26. The number of amides is 1. The van der Waals surface area contributed by atoms with Crippen LogP contribution in [0.4, 0.5) is 0 Å². The van der Waals surface area contributed by atoms with E-state index in [2.05, 4.69) is 30.1 Å². The van der Waals surface area contributed by atoms with Crippen LogP contribution in [0.2, 0.25) is 5.02 Å². The number of aryl methyl sites for hydroxylation is 2. The van der Waals surface area contributed by atoms with Crippen LogP contribution in [0.1, 0.15) is 36.6 Å². The van der Waals surface area contributed by atoms with E-state index in [1.54, 1.807) is 0 Å². The molecule has 1 atom stereocenters. The lowest BCUT2D eigenvalue weighted by molar-refractivity contribution is -0.123. The number of benzene rings is 2. The topological polar surface area (TPSA) is 41.6 Å². The molecule has 0 saturated carbocycles. The van der Waals surface area contributed by atoms with Crippen molar-refractivity contribution >= 4 is 17.5 Å². The summed E-state index contributed by atoms with van der Waals surface area (Å²) in [4.78, 5) is 14.6. The van der Waals surface area contributed by atoms with E-state index in [-0.39, 0.29) is 18.6 Å². The van der Waals surface area contributed by atoms with Gasteiger partial charge >= 0.3 is 0 Å². The molecule has 4 nitrogen and oxygen atoms in total. The Labute approximate surface area is 167 Å². The summed E-state index contributed by atoms with van der Waals surface area (Å²) < 4.78 is 5.65. The number of rotatable bonds is 9. The summed E-state index contributed by atoms with van der Waals surface area (Å²) in [6.45, 7) is 10.5. The molecule has 0 fully saturated rings. The van der Waals surface area contributed by atoms with Gasteiger partial charge in [0.1, 0.15) is 5.75 Å². The van der Waals surface area contributed by atoms with Gasteiger partial charge in [0.15, 0.2) is 6.61 Å². The smallest absolute Gasteiger partial charge is 0.258 e. The second-order valence-corrected chi connectivity index (χ2v) is 7.08. The molecule has 0 bridgehead atoms. The molecule has 0 unspecified atom stereocenters. The minimum atomic E-state index is -0.140. The first-order chi connectivity index (χ1) is 12.9. The van der Waals surface area contributed by atoms with E-state index in [4.69, 9.17) is 16.3 Å². The normalized spacial score (nSPS) is 12.1. The van der Waals surface area contributed by atoms with Crippen LogP contribution in [0.25, 0.3) is 0 Å². The lowest BCUT2D eigenvalue weighted by atomic mass is 10.0. The maximum Gasteiger partial charge on any atom is 0.258 e. The Morgan fingerprint density at radius 2 is 1.74 bits per heavy atom. The van der Waals surface area contributed by atoms with Crippen LogP contribution in [0, 0.1) is 13.8 Å². The molecule has 1 N–H and O–H groups in total. The maximum atomic E-state index is 12.3. The van der Waals surface area contributed by atoms with Gasteiger partial charge in [-0.05, 0) is 61.8 Å². The number of nitrogens with one attached hydrogen (secondary N) is 1. The lowest BCUT2D eigenvalue weighted by Crippen LogP contribution is -2.39. The molecule has 2 rings (SSSR count). The minimum Gasteiger partial charge on any atom is -0.484 e. The SMILES string of the molecule is CCN(CC)[C@@H](CNC(=O)COc1cc(C)cc(C)c1)c1ccccc1Cl. The Bertz CT molecular complexity index is 739. The zero-order valence-corrected chi connectivity index (χ0v) is 17.3.